The summed E-state index contributed by atoms with van der Waals surface area (Å²) in [5.74, 6) is 0.127. The number of ether oxygens (including phenoxy) is 2. The SMILES string of the molecule is COc1cc(Br)c(-c2c[nH]cc2C(=O)O)cc1OC. The van der Waals surface area contributed by atoms with Crippen LogP contribution >= 0.6 is 15.9 Å². The zero-order valence-electron chi connectivity index (χ0n) is 10.4. The van der Waals surface area contributed by atoms with Gasteiger partial charge in [-0.05, 0) is 12.1 Å². The highest BCUT2D eigenvalue weighted by atomic mass is 79.9. The second kappa shape index (κ2) is 5.36. The number of aromatic nitrogens is 1. The standard InChI is InChI=1S/C13H12BrNO4/c1-18-11-3-7(10(14)4-12(11)19-2)8-5-15-6-9(8)13(16)17/h3-6,15H,1-2H3,(H,16,17). The van der Waals surface area contributed by atoms with E-state index in [2.05, 4.69) is 20.9 Å². The summed E-state index contributed by atoms with van der Waals surface area (Å²) >= 11 is 3.41. The average molecular weight is 326 g/mol. The number of hydrogen-bond acceptors (Lipinski definition) is 3. The van der Waals surface area contributed by atoms with Crippen LogP contribution in [0.4, 0.5) is 0 Å². The van der Waals surface area contributed by atoms with E-state index in [1.807, 2.05) is 0 Å². The lowest BCUT2D eigenvalue weighted by Crippen LogP contribution is -1.97. The number of carbonyl (C=O) groups is 1. The van der Waals surface area contributed by atoms with Gasteiger partial charge in [0.2, 0.25) is 0 Å². The number of carboxylic acids is 1. The summed E-state index contributed by atoms with van der Waals surface area (Å²) in [5, 5.41) is 9.14. The number of hydrogen-bond donors (Lipinski definition) is 2. The van der Waals surface area contributed by atoms with Gasteiger partial charge in [0.15, 0.2) is 11.5 Å². The molecule has 2 aromatic rings. The Bertz CT molecular complexity index is 621. The average Bonchev–Trinajstić information content (AvgIpc) is 2.87. The molecule has 0 aliphatic rings. The molecule has 2 rings (SSSR count). The maximum absolute atomic E-state index is 11.2. The molecule has 0 saturated heterocycles. The first-order valence-corrected chi connectivity index (χ1v) is 6.19. The number of carboxylic acid groups (broad SMARTS) is 1. The third-order valence-corrected chi connectivity index (χ3v) is 3.40. The molecule has 100 valence electrons. The molecule has 2 N–H and O–H groups in total. The summed E-state index contributed by atoms with van der Waals surface area (Å²) < 4.78 is 11.1. The predicted molar refractivity (Wildman–Crippen MR) is 74.0 cm³/mol. The molecule has 0 aliphatic carbocycles. The van der Waals surface area contributed by atoms with Gasteiger partial charge in [0.1, 0.15) is 0 Å². The maximum atomic E-state index is 11.2. The molecule has 0 fully saturated rings. The summed E-state index contributed by atoms with van der Waals surface area (Å²) in [6.45, 7) is 0. The summed E-state index contributed by atoms with van der Waals surface area (Å²) in [6, 6.07) is 3.48. The highest BCUT2D eigenvalue weighted by molar-refractivity contribution is 9.10. The van der Waals surface area contributed by atoms with Gasteiger partial charge in [0, 0.05) is 28.0 Å². The summed E-state index contributed by atoms with van der Waals surface area (Å²) in [4.78, 5) is 14.0. The molecule has 6 heteroatoms. The van der Waals surface area contributed by atoms with E-state index in [9.17, 15) is 4.79 Å². The Labute approximate surface area is 118 Å². The molecule has 0 radical (unpaired) electrons. The van der Waals surface area contributed by atoms with E-state index in [4.69, 9.17) is 14.6 Å². The molecular weight excluding hydrogens is 314 g/mol. The van der Waals surface area contributed by atoms with E-state index < -0.39 is 5.97 Å². The van der Waals surface area contributed by atoms with Crippen molar-refractivity contribution in [3.8, 4) is 22.6 Å². The predicted octanol–water partition coefficient (Wildman–Crippen LogP) is 3.16. The van der Waals surface area contributed by atoms with Crippen molar-refractivity contribution in [2.45, 2.75) is 0 Å². The minimum atomic E-state index is -0.988. The number of aromatic carboxylic acids is 1. The minimum Gasteiger partial charge on any atom is -0.493 e. The zero-order valence-corrected chi connectivity index (χ0v) is 11.9. The summed E-state index contributed by atoms with van der Waals surface area (Å²) in [7, 11) is 3.08. The molecule has 19 heavy (non-hydrogen) atoms. The van der Waals surface area contributed by atoms with Crippen molar-refractivity contribution in [1.82, 2.24) is 4.98 Å². The van der Waals surface area contributed by atoms with Gasteiger partial charge in [-0.15, -0.1) is 0 Å². The van der Waals surface area contributed by atoms with Crippen LogP contribution in [0.15, 0.2) is 29.0 Å². The van der Waals surface area contributed by atoms with Gasteiger partial charge in [-0.25, -0.2) is 4.79 Å². The van der Waals surface area contributed by atoms with Gasteiger partial charge >= 0.3 is 5.97 Å². The fraction of sp³-hybridized carbons (Fsp3) is 0.154. The number of halogens is 1. The number of aromatic amines is 1. The van der Waals surface area contributed by atoms with Crippen molar-refractivity contribution in [3.63, 3.8) is 0 Å². The van der Waals surface area contributed by atoms with Crippen LogP contribution in [0.2, 0.25) is 0 Å². The van der Waals surface area contributed by atoms with Crippen molar-refractivity contribution in [3.05, 3.63) is 34.6 Å². The molecule has 1 heterocycles. The lowest BCUT2D eigenvalue weighted by molar-refractivity contribution is 0.0698. The first-order chi connectivity index (χ1) is 9.08. The van der Waals surface area contributed by atoms with E-state index in [-0.39, 0.29) is 5.56 Å². The van der Waals surface area contributed by atoms with Crippen molar-refractivity contribution in [2.75, 3.05) is 14.2 Å². The monoisotopic (exact) mass is 325 g/mol. The normalized spacial score (nSPS) is 10.3. The van der Waals surface area contributed by atoms with E-state index in [0.29, 0.717) is 17.1 Å². The van der Waals surface area contributed by atoms with Crippen LogP contribution in [0, 0.1) is 0 Å². The molecule has 0 bridgehead atoms. The molecule has 0 unspecified atom stereocenters. The smallest absolute Gasteiger partial charge is 0.337 e. The third-order valence-electron chi connectivity index (χ3n) is 2.74. The zero-order chi connectivity index (χ0) is 14.0. The van der Waals surface area contributed by atoms with Crippen molar-refractivity contribution in [1.29, 1.82) is 0 Å². The lowest BCUT2D eigenvalue weighted by atomic mass is 10.0. The third kappa shape index (κ3) is 2.44. The number of methoxy groups -OCH3 is 2. The van der Waals surface area contributed by atoms with Crippen molar-refractivity contribution in [2.24, 2.45) is 0 Å². The molecule has 0 amide bonds. The van der Waals surface area contributed by atoms with E-state index in [1.165, 1.54) is 13.3 Å². The molecule has 0 aliphatic heterocycles. The quantitative estimate of drug-likeness (QED) is 0.905. The fourth-order valence-electron chi connectivity index (χ4n) is 1.82. The Balaban J connectivity index is 2.62. The number of benzene rings is 1. The molecule has 0 spiro atoms. The number of nitrogens with one attached hydrogen (secondary N) is 1. The van der Waals surface area contributed by atoms with Crippen LogP contribution in [0.25, 0.3) is 11.1 Å². The first-order valence-electron chi connectivity index (χ1n) is 5.40. The van der Waals surface area contributed by atoms with Gasteiger partial charge < -0.3 is 19.6 Å². The topological polar surface area (TPSA) is 71.6 Å². The Morgan fingerprint density at radius 1 is 1.16 bits per heavy atom. The number of rotatable bonds is 4. The molecule has 1 aromatic heterocycles. The van der Waals surface area contributed by atoms with Crippen molar-refractivity contribution >= 4 is 21.9 Å². The van der Waals surface area contributed by atoms with Crippen LogP contribution in [0.5, 0.6) is 11.5 Å². The van der Waals surface area contributed by atoms with Gasteiger partial charge in [-0.3, -0.25) is 0 Å². The van der Waals surface area contributed by atoms with E-state index in [1.54, 1.807) is 25.4 Å². The Morgan fingerprint density at radius 3 is 2.37 bits per heavy atom. The first kappa shape index (κ1) is 13.5. The van der Waals surface area contributed by atoms with Crippen LogP contribution in [0.1, 0.15) is 10.4 Å². The molecule has 0 atom stereocenters. The molecule has 5 nitrogen and oxygen atoms in total. The molecular formula is C13H12BrNO4. The van der Waals surface area contributed by atoms with E-state index >= 15 is 0 Å². The van der Waals surface area contributed by atoms with Crippen LogP contribution in [-0.2, 0) is 0 Å². The summed E-state index contributed by atoms with van der Waals surface area (Å²) in [5.41, 5.74) is 1.50. The maximum Gasteiger partial charge on any atom is 0.337 e. The van der Waals surface area contributed by atoms with Crippen LogP contribution in [0.3, 0.4) is 0 Å². The van der Waals surface area contributed by atoms with Crippen LogP contribution in [-0.4, -0.2) is 30.3 Å². The Kier molecular flexibility index (Phi) is 3.80. The van der Waals surface area contributed by atoms with Gasteiger partial charge in [-0.2, -0.15) is 0 Å². The van der Waals surface area contributed by atoms with Gasteiger partial charge in [-0.1, -0.05) is 15.9 Å². The van der Waals surface area contributed by atoms with E-state index in [0.717, 1.165) is 10.0 Å². The number of H-pyrrole nitrogens is 1. The van der Waals surface area contributed by atoms with Gasteiger partial charge in [0.25, 0.3) is 0 Å². The summed E-state index contributed by atoms with van der Waals surface area (Å²) in [6.07, 6.45) is 3.08. The molecule has 0 saturated carbocycles. The fourth-order valence-corrected chi connectivity index (χ4v) is 2.36. The minimum absolute atomic E-state index is 0.202. The van der Waals surface area contributed by atoms with Crippen LogP contribution < -0.4 is 9.47 Å². The highest BCUT2D eigenvalue weighted by Crippen LogP contribution is 2.39. The van der Waals surface area contributed by atoms with Crippen molar-refractivity contribution < 1.29 is 19.4 Å². The lowest BCUT2D eigenvalue weighted by Gasteiger charge is -2.11. The largest absolute Gasteiger partial charge is 0.493 e. The second-order valence-electron chi connectivity index (χ2n) is 3.77. The highest BCUT2D eigenvalue weighted by Gasteiger charge is 2.17. The second-order valence-corrected chi connectivity index (χ2v) is 4.63. The molecule has 1 aromatic carbocycles. The Morgan fingerprint density at radius 2 is 1.79 bits per heavy atom. The van der Waals surface area contributed by atoms with Gasteiger partial charge in [0.05, 0.1) is 19.8 Å². The Hall–Kier alpha value is -1.95.